The van der Waals surface area contributed by atoms with Crippen molar-refractivity contribution in [2.75, 3.05) is 52.4 Å². The van der Waals surface area contributed by atoms with Crippen molar-refractivity contribution in [2.24, 2.45) is 17.6 Å². The molecule has 7 N–H and O–H groups in total. The summed E-state index contributed by atoms with van der Waals surface area (Å²) in [4.78, 5) is 0. The average molecular weight is 431 g/mol. The van der Waals surface area contributed by atoms with Crippen LogP contribution in [-0.4, -0.2) is 70.5 Å². The fourth-order valence-electron chi connectivity index (χ4n) is 3.75. The molecule has 0 aromatic rings. The highest BCUT2D eigenvalue weighted by Gasteiger charge is 2.17. The van der Waals surface area contributed by atoms with Gasteiger partial charge in [-0.15, -0.1) is 0 Å². The van der Waals surface area contributed by atoms with Gasteiger partial charge in [-0.25, -0.2) is 0 Å². The van der Waals surface area contributed by atoms with E-state index in [9.17, 15) is 0 Å². The maximum absolute atomic E-state index is 5.94. The SMILES string of the molecule is C.C.CC(C)CNCCNC1CCCC(N)C1.CC(C)CNCCNC1CCNC1. The molecule has 0 amide bonds. The topological polar surface area (TPSA) is 86.2 Å². The molecule has 3 atom stereocenters. The maximum Gasteiger partial charge on any atom is 0.0205 e. The van der Waals surface area contributed by atoms with Gasteiger partial charge in [0.15, 0.2) is 0 Å². The quantitative estimate of drug-likeness (QED) is 0.267. The third kappa shape index (κ3) is 18.5. The van der Waals surface area contributed by atoms with Gasteiger partial charge in [-0.2, -0.15) is 0 Å². The zero-order valence-electron chi connectivity index (χ0n) is 19.2. The van der Waals surface area contributed by atoms with Gasteiger partial charge >= 0.3 is 0 Å². The minimum absolute atomic E-state index is 0. The second kappa shape index (κ2) is 20.7. The van der Waals surface area contributed by atoms with E-state index >= 15 is 0 Å². The summed E-state index contributed by atoms with van der Waals surface area (Å²) in [5.74, 6) is 1.50. The number of nitrogens with two attached hydrogens (primary N) is 1. The molecule has 184 valence electrons. The second-order valence-corrected chi connectivity index (χ2v) is 9.42. The fraction of sp³-hybridized carbons (Fsp3) is 1.00. The van der Waals surface area contributed by atoms with Gasteiger partial charge in [0.05, 0.1) is 0 Å². The van der Waals surface area contributed by atoms with Crippen LogP contribution in [0.4, 0.5) is 0 Å². The lowest BCUT2D eigenvalue weighted by atomic mass is 9.92. The molecule has 1 saturated carbocycles. The van der Waals surface area contributed by atoms with Crippen molar-refractivity contribution < 1.29 is 0 Å². The van der Waals surface area contributed by atoms with Crippen LogP contribution in [0.3, 0.4) is 0 Å². The zero-order valence-corrected chi connectivity index (χ0v) is 19.2. The van der Waals surface area contributed by atoms with Gasteiger partial charge < -0.3 is 32.3 Å². The predicted molar refractivity (Wildman–Crippen MR) is 136 cm³/mol. The summed E-state index contributed by atoms with van der Waals surface area (Å²) in [6, 6.07) is 1.80. The molecule has 0 aromatic heterocycles. The summed E-state index contributed by atoms with van der Waals surface area (Å²) >= 11 is 0. The van der Waals surface area contributed by atoms with Crippen molar-refractivity contribution in [1.29, 1.82) is 0 Å². The van der Waals surface area contributed by atoms with Crippen molar-refractivity contribution in [3.05, 3.63) is 0 Å². The van der Waals surface area contributed by atoms with Crippen molar-refractivity contribution in [2.45, 2.75) is 92.8 Å². The largest absolute Gasteiger partial charge is 0.328 e. The minimum atomic E-state index is 0. The Hall–Kier alpha value is -0.240. The highest BCUT2D eigenvalue weighted by molar-refractivity contribution is 4.80. The van der Waals surface area contributed by atoms with E-state index in [1.54, 1.807) is 0 Å². The van der Waals surface area contributed by atoms with Crippen LogP contribution < -0.4 is 32.3 Å². The molecule has 3 unspecified atom stereocenters. The van der Waals surface area contributed by atoms with E-state index in [2.05, 4.69) is 54.3 Å². The van der Waals surface area contributed by atoms with Gasteiger partial charge in [0, 0.05) is 50.8 Å². The molecular formula is C24H58N6. The highest BCUT2D eigenvalue weighted by atomic mass is 15.0. The van der Waals surface area contributed by atoms with Gasteiger partial charge in [-0.1, -0.05) is 49.0 Å². The van der Waals surface area contributed by atoms with Crippen LogP contribution in [0.25, 0.3) is 0 Å². The predicted octanol–water partition coefficient (Wildman–Crippen LogP) is 2.55. The molecule has 0 bridgehead atoms. The van der Waals surface area contributed by atoms with Crippen molar-refractivity contribution in [3.63, 3.8) is 0 Å². The van der Waals surface area contributed by atoms with E-state index in [1.807, 2.05) is 0 Å². The lowest BCUT2D eigenvalue weighted by molar-refractivity contribution is 0.338. The molecular weight excluding hydrogens is 372 g/mol. The van der Waals surface area contributed by atoms with Crippen LogP contribution >= 0.6 is 0 Å². The second-order valence-electron chi connectivity index (χ2n) is 9.42. The highest BCUT2D eigenvalue weighted by Crippen LogP contribution is 2.16. The van der Waals surface area contributed by atoms with Crippen LogP contribution in [0.5, 0.6) is 0 Å². The molecule has 1 aliphatic heterocycles. The molecule has 2 rings (SSSR count). The Morgan fingerprint density at radius 1 is 0.800 bits per heavy atom. The van der Waals surface area contributed by atoms with E-state index < -0.39 is 0 Å². The monoisotopic (exact) mass is 430 g/mol. The fourth-order valence-corrected chi connectivity index (χ4v) is 3.75. The van der Waals surface area contributed by atoms with Crippen molar-refractivity contribution >= 4 is 0 Å². The van der Waals surface area contributed by atoms with Crippen LogP contribution in [0.2, 0.25) is 0 Å². The Morgan fingerprint density at radius 3 is 1.83 bits per heavy atom. The maximum atomic E-state index is 5.94. The summed E-state index contributed by atoms with van der Waals surface area (Å²) < 4.78 is 0. The Bertz CT molecular complexity index is 345. The summed E-state index contributed by atoms with van der Waals surface area (Å²) in [5.41, 5.74) is 5.94. The Morgan fingerprint density at radius 2 is 1.37 bits per heavy atom. The average Bonchev–Trinajstić information content (AvgIpc) is 3.15. The lowest BCUT2D eigenvalue weighted by Crippen LogP contribution is -2.42. The van der Waals surface area contributed by atoms with Gasteiger partial charge in [-0.05, 0) is 57.2 Å². The molecule has 6 nitrogen and oxygen atoms in total. The first-order valence-electron chi connectivity index (χ1n) is 11.8. The molecule has 0 radical (unpaired) electrons. The Labute approximate surface area is 189 Å². The normalized spacial score (nSPS) is 23.5. The molecule has 30 heavy (non-hydrogen) atoms. The summed E-state index contributed by atoms with van der Waals surface area (Å²) in [6.07, 6.45) is 6.24. The first-order valence-corrected chi connectivity index (χ1v) is 11.8. The van der Waals surface area contributed by atoms with E-state index in [-0.39, 0.29) is 14.9 Å². The van der Waals surface area contributed by atoms with Gasteiger partial charge in [0.1, 0.15) is 0 Å². The van der Waals surface area contributed by atoms with Crippen LogP contribution in [0.15, 0.2) is 0 Å². The molecule has 0 spiro atoms. The molecule has 1 heterocycles. The number of rotatable bonds is 12. The molecule has 2 fully saturated rings. The van der Waals surface area contributed by atoms with E-state index in [4.69, 9.17) is 5.73 Å². The summed E-state index contributed by atoms with van der Waals surface area (Å²) in [5, 5.41) is 17.3. The van der Waals surface area contributed by atoms with Crippen LogP contribution in [0, 0.1) is 11.8 Å². The number of hydrogen-bond acceptors (Lipinski definition) is 6. The first-order chi connectivity index (χ1) is 13.5. The summed E-state index contributed by atoms with van der Waals surface area (Å²) in [7, 11) is 0. The lowest BCUT2D eigenvalue weighted by Gasteiger charge is -2.27. The Balaban J connectivity index is 0. The van der Waals surface area contributed by atoms with Crippen LogP contribution in [0.1, 0.15) is 74.7 Å². The smallest absolute Gasteiger partial charge is 0.0205 e. The number of nitrogens with one attached hydrogen (secondary N) is 5. The molecule has 2 aliphatic rings. The third-order valence-electron chi connectivity index (χ3n) is 5.35. The molecule has 6 heteroatoms. The zero-order chi connectivity index (χ0) is 20.6. The first kappa shape index (κ1) is 31.9. The summed E-state index contributed by atoms with van der Waals surface area (Å²) in [6.45, 7) is 17.9. The third-order valence-corrected chi connectivity index (χ3v) is 5.35. The molecule has 0 aromatic carbocycles. The van der Waals surface area contributed by atoms with Crippen LogP contribution in [-0.2, 0) is 0 Å². The number of hydrogen-bond donors (Lipinski definition) is 6. The van der Waals surface area contributed by atoms with Crippen molar-refractivity contribution in [3.8, 4) is 0 Å². The standard InChI is InChI=1S/C12H27N3.C10H23N3.2CH4/c1-10(2)9-14-6-7-15-12-5-3-4-11(13)8-12;1-9(2)7-12-5-6-13-10-3-4-11-8-10;;/h10-12,14-15H,3-9,13H2,1-2H3;9-13H,3-8H2,1-2H3;2*1H4. The van der Waals surface area contributed by atoms with Crippen molar-refractivity contribution in [1.82, 2.24) is 26.6 Å². The van der Waals surface area contributed by atoms with E-state index in [0.29, 0.717) is 18.1 Å². The van der Waals surface area contributed by atoms with Gasteiger partial charge in [0.25, 0.3) is 0 Å². The Kier molecular flexibility index (Phi) is 22.0. The van der Waals surface area contributed by atoms with E-state index in [1.165, 1.54) is 32.2 Å². The molecule has 1 saturated heterocycles. The van der Waals surface area contributed by atoms with Gasteiger partial charge in [-0.3, -0.25) is 0 Å². The van der Waals surface area contributed by atoms with Gasteiger partial charge in [0.2, 0.25) is 0 Å². The van der Waals surface area contributed by atoms with E-state index in [0.717, 1.165) is 64.1 Å². The molecule has 1 aliphatic carbocycles. The minimum Gasteiger partial charge on any atom is -0.328 e.